The van der Waals surface area contributed by atoms with Crippen molar-refractivity contribution in [2.45, 2.75) is 31.2 Å². The Kier molecular flexibility index (Phi) is 2.42. The van der Waals surface area contributed by atoms with E-state index in [1.54, 1.807) is 4.90 Å². The lowest BCUT2D eigenvalue weighted by atomic mass is 9.84. The largest absolute Gasteiger partial charge is 0.480 e. The lowest BCUT2D eigenvalue weighted by Crippen LogP contribution is -2.51. The molecule has 15 heavy (non-hydrogen) atoms. The lowest BCUT2D eigenvalue weighted by Gasteiger charge is -2.29. The van der Waals surface area contributed by atoms with Gasteiger partial charge in [-0.2, -0.15) is 0 Å². The molecule has 0 radical (unpaired) electrons. The molecule has 1 aliphatic carbocycles. The molecule has 1 heterocycles. The van der Waals surface area contributed by atoms with Gasteiger partial charge >= 0.3 is 5.97 Å². The highest BCUT2D eigenvalue weighted by Crippen LogP contribution is 2.30. The van der Waals surface area contributed by atoms with E-state index < -0.39 is 11.5 Å². The zero-order valence-corrected chi connectivity index (χ0v) is 8.61. The highest BCUT2D eigenvalue weighted by molar-refractivity contribution is 5.84. The molecule has 2 aliphatic rings. The van der Waals surface area contributed by atoms with Gasteiger partial charge in [-0.05, 0) is 19.3 Å². The van der Waals surface area contributed by atoms with Gasteiger partial charge in [0, 0.05) is 19.0 Å². The predicted octanol–water partition coefficient (Wildman–Crippen LogP) is -0.199. The van der Waals surface area contributed by atoms with E-state index in [9.17, 15) is 9.59 Å². The van der Waals surface area contributed by atoms with E-state index in [1.807, 2.05) is 0 Å². The van der Waals surface area contributed by atoms with Crippen molar-refractivity contribution in [3.63, 3.8) is 0 Å². The molecule has 5 nitrogen and oxygen atoms in total. The van der Waals surface area contributed by atoms with Crippen LogP contribution in [0.2, 0.25) is 0 Å². The van der Waals surface area contributed by atoms with E-state index in [1.165, 1.54) is 0 Å². The molecule has 1 aliphatic heterocycles. The SMILES string of the molecule is NC1(C(=O)O)CCN(C(=O)C2CCC2)C1. The van der Waals surface area contributed by atoms with Crippen LogP contribution in [0.15, 0.2) is 0 Å². The number of likely N-dealkylation sites (tertiary alicyclic amines) is 1. The molecule has 0 aromatic rings. The Balaban J connectivity index is 1.97. The van der Waals surface area contributed by atoms with Crippen LogP contribution >= 0.6 is 0 Å². The maximum Gasteiger partial charge on any atom is 0.325 e. The Morgan fingerprint density at radius 3 is 2.47 bits per heavy atom. The summed E-state index contributed by atoms with van der Waals surface area (Å²) < 4.78 is 0. The summed E-state index contributed by atoms with van der Waals surface area (Å²) in [6.45, 7) is 0.649. The van der Waals surface area contributed by atoms with Crippen LogP contribution in [0.1, 0.15) is 25.7 Å². The fraction of sp³-hybridized carbons (Fsp3) is 0.800. The molecule has 3 N–H and O–H groups in total. The fourth-order valence-electron chi connectivity index (χ4n) is 2.11. The molecule has 1 amide bonds. The van der Waals surface area contributed by atoms with Crippen LogP contribution in [0, 0.1) is 5.92 Å². The first-order chi connectivity index (χ1) is 7.03. The monoisotopic (exact) mass is 212 g/mol. The summed E-state index contributed by atoms with van der Waals surface area (Å²) in [7, 11) is 0. The van der Waals surface area contributed by atoms with Crippen molar-refractivity contribution in [2.75, 3.05) is 13.1 Å². The van der Waals surface area contributed by atoms with Gasteiger partial charge in [0.1, 0.15) is 5.54 Å². The van der Waals surface area contributed by atoms with Gasteiger partial charge in [-0.1, -0.05) is 6.42 Å². The second-order valence-corrected chi connectivity index (χ2v) is 4.60. The normalized spacial score (nSPS) is 31.4. The molecular weight excluding hydrogens is 196 g/mol. The Bertz CT molecular complexity index is 301. The Morgan fingerprint density at radius 2 is 2.07 bits per heavy atom. The number of carboxylic acids is 1. The summed E-state index contributed by atoms with van der Waals surface area (Å²) in [6.07, 6.45) is 3.36. The first-order valence-corrected chi connectivity index (χ1v) is 5.34. The minimum Gasteiger partial charge on any atom is -0.480 e. The first kappa shape index (κ1) is 10.4. The lowest BCUT2D eigenvalue weighted by molar-refractivity contribution is -0.143. The number of carbonyl (C=O) groups is 2. The molecule has 1 saturated heterocycles. The summed E-state index contributed by atoms with van der Waals surface area (Å²) in [5.41, 5.74) is 4.47. The molecule has 0 aromatic carbocycles. The van der Waals surface area contributed by atoms with Gasteiger partial charge in [0.25, 0.3) is 0 Å². The molecule has 5 heteroatoms. The zero-order valence-electron chi connectivity index (χ0n) is 8.61. The molecule has 0 bridgehead atoms. The van der Waals surface area contributed by atoms with Crippen molar-refractivity contribution in [1.82, 2.24) is 4.90 Å². The van der Waals surface area contributed by atoms with Gasteiger partial charge in [0.15, 0.2) is 0 Å². The molecular formula is C10H16N2O3. The van der Waals surface area contributed by atoms with Crippen molar-refractivity contribution in [1.29, 1.82) is 0 Å². The van der Waals surface area contributed by atoms with E-state index in [0.717, 1.165) is 19.3 Å². The number of nitrogens with zero attached hydrogens (tertiary/aromatic N) is 1. The average molecular weight is 212 g/mol. The number of hydrogen-bond donors (Lipinski definition) is 2. The predicted molar refractivity (Wildman–Crippen MR) is 53.1 cm³/mol. The molecule has 2 rings (SSSR count). The molecule has 0 aromatic heterocycles. The second kappa shape index (κ2) is 3.48. The number of carbonyl (C=O) groups excluding carboxylic acids is 1. The van der Waals surface area contributed by atoms with Gasteiger partial charge in [0.05, 0.1) is 0 Å². The second-order valence-electron chi connectivity index (χ2n) is 4.60. The van der Waals surface area contributed by atoms with Gasteiger partial charge in [0.2, 0.25) is 5.91 Å². The van der Waals surface area contributed by atoms with Gasteiger partial charge < -0.3 is 15.7 Å². The van der Waals surface area contributed by atoms with Gasteiger partial charge in [-0.15, -0.1) is 0 Å². The maximum absolute atomic E-state index is 11.8. The molecule has 1 saturated carbocycles. The van der Waals surface area contributed by atoms with Crippen LogP contribution in [0.25, 0.3) is 0 Å². The van der Waals surface area contributed by atoms with E-state index in [2.05, 4.69) is 0 Å². The number of nitrogens with two attached hydrogens (primary N) is 1. The van der Waals surface area contributed by atoms with Crippen LogP contribution in [0.5, 0.6) is 0 Å². The number of aliphatic carboxylic acids is 1. The molecule has 1 atom stereocenters. The fourth-order valence-corrected chi connectivity index (χ4v) is 2.11. The topological polar surface area (TPSA) is 83.6 Å². The van der Waals surface area contributed by atoms with Crippen LogP contribution < -0.4 is 5.73 Å². The zero-order chi connectivity index (χ0) is 11.1. The van der Waals surface area contributed by atoms with E-state index >= 15 is 0 Å². The molecule has 0 spiro atoms. The van der Waals surface area contributed by atoms with Crippen molar-refractivity contribution in [2.24, 2.45) is 11.7 Å². The number of hydrogen-bond acceptors (Lipinski definition) is 3. The third kappa shape index (κ3) is 1.71. The summed E-state index contributed by atoms with van der Waals surface area (Å²) >= 11 is 0. The molecule has 1 unspecified atom stereocenters. The molecule has 2 fully saturated rings. The minimum atomic E-state index is -1.22. The highest BCUT2D eigenvalue weighted by Gasteiger charge is 2.44. The van der Waals surface area contributed by atoms with E-state index in [0.29, 0.717) is 13.0 Å². The number of carboxylic acid groups (broad SMARTS) is 1. The van der Waals surface area contributed by atoms with Crippen LogP contribution in [0.4, 0.5) is 0 Å². The van der Waals surface area contributed by atoms with Crippen LogP contribution in [0.3, 0.4) is 0 Å². The number of rotatable bonds is 2. The summed E-state index contributed by atoms with van der Waals surface area (Å²) in [5.74, 6) is -0.789. The van der Waals surface area contributed by atoms with Crippen molar-refractivity contribution in [3.05, 3.63) is 0 Å². The van der Waals surface area contributed by atoms with Crippen LogP contribution in [-0.4, -0.2) is 40.5 Å². The van der Waals surface area contributed by atoms with Gasteiger partial charge in [-0.3, -0.25) is 9.59 Å². The smallest absolute Gasteiger partial charge is 0.325 e. The summed E-state index contributed by atoms with van der Waals surface area (Å²) in [4.78, 5) is 24.3. The Hall–Kier alpha value is -1.10. The minimum absolute atomic E-state index is 0.0924. The quantitative estimate of drug-likeness (QED) is 0.664. The first-order valence-electron chi connectivity index (χ1n) is 5.34. The Morgan fingerprint density at radius 1 is 1.40 bits per heavy atom. The third-order valence-electron chi connectivity index (χ3n) is 3.49. The summed E-state index contributed by atoms with van der Waals surface area (Å²) in [6, 6.07) is 0. The van der Waals surface area contributed by atoms with Gasteiger partial charge in [-0.25, -0.2) is 0 Å². The van der Waals surface area contributed by atoms with Crippen LogP contribution in [-0.2, 0) is 9.59 Å². The average Bonchev–Trinajstić information content (AvgIpc) is 2.46. The van der Waals surface area contributed by atoms with E-state index in [-0.39, 0.29) is 18.4 Å². The van der Waals surface area contributed by atoms with Crippen molar-refractivity contribution in [3.8, 4) is 0 Å². The standard InChI is InChI=1S/C10H16N2O3/c11-10(9(14)15)4-5-12(6-10)8(13)7-2-1-3-7/h7H,1-6,11H2,(H,14,15). The summed E-state index contributed by atoms with van der Waals surface area (Å²) in [5, 5.41) is 8.92. The van der Waals surface area contributed by atoms with Crippen molar-refractivity contribution >= 4 is 11.9 Å². The Labute approximate surface area is 88.2 Å². The molecule has 84 valence electrons. The third-order valence-corrected chi connectivity index (χ3v) is 3.49. The van der Waals surface area contributed by atoms with Crippen molar-refractivity contribution < 1.29 is 14.7 Å². The number of amides is 1. The highest BCUT2D eigenvalue weighted by atomic mass is 16.4. The van der Waals surface area contributed by atoms with E-state index in [4.69, 9.17) is 10.8 Å². The maximum atomic E-state index is 11.8.